The predicted molar refractivity (Wildman–Crippen MR) is 497 cm³/mol. The second kappa shape index (κ2) is 27.7. The number of hydrogen-bond donors (Lipinski definition) is 0. The van der Waals surface area contributed by atoms with Gasteiger partial charge in [0, 0.05) is 105 Å². The zero-order valence-corrected chi connectivity index (χ0v) is 64.7. The summed E-state index contributed by atoms with van der Waals surface area (Å²) in [5, 5.41) is 21.4. The highest BCUT2D eigenvalue weighted by Crippen LogP contribution is 2.47. The highest BCUT2D eigenvalue weighted by Gasteiger charge is 2.27. The number of hydrogen-bond acceptors (Lipinski definition) is 6. The molecule has 0 N–H and O–H groups in total. The molecule has 6 aromatic heterocycles. The zero-order chi connectivity index (χ0) is 78.9. The first-order valence-corrected chi connectivity index (χ1v) is 40.6. The smallest absolute Gasteiger partial charge is 0.164 e. The SMILES string of the molecule is c1ccc(-c2nc(-c3ccc4ccccc4c3)nc(-c3cc4c(c5ccccc35)c3cc(-n5c6ccccc6c6cc7ccccc7cc65)ccc3n4-c3ccccc3)n2)cc1.c1ccc(-c2nc(-c3ccccc3)nc(-c3cc4c(c5ccccc35)c3cc(-n5c6ccccc6c6ccc7ccccc7c65)ccc3n4-c3ccccc3)n2)cc1. The van der Waals surface area contributed by atoms with Gasteiger partial charge in [0.15, 0.2) is 34.9 Å². The fourth-order valence-electron chi connectivity index (χ4n) is 18.6. The predicted octanol–water partition coefficient (Wildman–Crippen LogP) is 27.9. The lowest BCUT2D eigenvalue weighted by Gasteiger charge is -2.13. The highest BCUT2D eigenvalue weighted by atomic mass is 15.1. The van der Waals surface area contributed by atoms with Gasteiger partial charge < -0.3 is 18.3 Å². The lowest BCUT2D eigenvalue weighted by molar-refractivity contribution is 1.08. The van der Waals surface area contributed by atoms with Crippen LogP contribution in [0.1, 0.15) is 0 Å². The quantitative estimate of drug-likeness (QED) is 0.135. The summed E-state index contributed by atoms with van der Waals surface area (Å²) in [4.78, 5) is 31.1. The van der Waals surface area contributed by atoms with E-state index in [1.54, 1.807) is 0 Å². The lowest BCUT2D eigenvalue weighted by atomic mass is 9.98. The van der Waals surface area contributed by atoms with E-state index >= 15 is 0 Å². The van der Waals surface area contributed by atoms with E-state index in [1.165, 1.54) is 92.1 Å². The largest absolute Gasteiger partial charge is 0.309 e. The molecule has 0 bridgehead atoms. The van der Waals surface area contributed by atoms with Crippen molar-refractivity contribution in [3.05, 3.63) is 413 Å². The number of benzene rings is 19. The van der Waals surface area contributed by atoms with Crippen molar-refractivity contribution in [1.29, 1.82) is 0 Å². The van der Waals surface area contributed by atoms with E-state index in [0.717, 1.165) is 105 Å². The number of fused-ring (bicyclic) bond motifs is 20. The monoisotopic (exact) mass is 1530 g/mol. The Morgan fingerprint density at radius 2 is 0.500 bits per heavy atom. The van der Waals surface area contributed by atoms with Crippen LogP contribution in [0.2, 0.25) is 0 Å². The molecule has 0 amide bonds. The summed E-state index contributed by atoms with van der Waals surface area (Å²) in [5.74, 6) is 3.81. The van der Waals surface area contributed by atoms with Crippen LogP contribution in [0.15, 0.2) is 413 Å². The van der Waals surface area contributed by atoms with Crippen LogP contribution in [-0.4, -0.2) is 48.2 Å². The summed E-state index contributed by atoms with van der Waals surface area (Å²) in [7, 11) is 0. The van der Waals surface area contributed by atoms with Crippen molar-refractivity contribution < 1.29 is 0 Å². The second-order valence-corrected chi connectivity index (χ2v) is 30.8. The molecule has 19 aromatic carbocycles. The number of aromatic nitrogens is 10. The number of para-hydroxylation sites is 4. The minimum Gasteiger partial charge on any atom is -0.309 e. The van der Waals surface area contributed by atoms with Gasteiger partial charge in [0.1, 0.15) is 0 Å². The summed E-state index contributed by atoms with van der Waals surface area (Å²) in [6, 6.07) is 147. The van der Waals surface area contributed by atoms with E-state index in [0.29, 0.717) is 34.9 Å². The van der Waals surface area contributed by atoms with Crippen LogP contribution in [0, 0.1) is 0 Å². The fourth-order valence-corrected chi connectivity index (χ4v) is 18.6. The molecule has 0 fully saturated rings. The van der Waals surface area contributed by atoms with E-state index in [2.05, 4.69) is 376 Å². The molecule has 10 heteroatoms. The van der Waals surface area contributed by atoms with Crippen LogP contribution in [-0.2, 0) is 0 Å². The Bertz CT molecular complexity index is 8400. The molecule has 0 radical (unpaired) electrons. The van der Waals surface area contributed by atoms with E-state index in [1.807, 2.05) is 54.6 Å². The minimum absolute atomic E-state index is 0.628. The molecule has 0 saturated carbocycles. The molecule has 0 aliphatic heterocycles. The molecule has 25 aromatic rings. The van der Waals surface area contributed by atoms with Crippen molar-refractivity contribution >= 4 is 141 Å². The van der Waals surface area contributed by atoms with Gasteiger partial charge in [-0.15, -0.1) is 0 Å². The van der Waals surface area contributed by atoms with Gasteiger partial charge >= 0.3 is 0 Å². The van der Waals surface area contributed by atoms with Crippen LogP contribution >= 0.6 is 0 Å². The molecule has 0 spiro atoms. The Hall–Kier alpha value is -16.3. The van der Waals surface area contributed by atoms with Gasteiger partial charge in [-0.1, -0.05) is 309 Å². The van der Waals surface area contributed by atoms with E-state index in [-0.39, 0.29) is 0 Å². The topological polar surface area (TPSA) is 97.1 Å². The van der Waals surface area contributed by atoms with Gasteiger partial charge in [-0.05, 0) is 152 Å². The van der Waals surface area contributed by atoms with Crippen molar-refractivity contribution in [2.45, 2.75) is 0 Å². The standard InChI is InChI=1S/C57H35N5.C53H33N5/c1-3-16-37(17-4-1)55-58-56(41-28-27-36-15-7-8-18-38(36)31-41)60-57(59-55)48-35-53-54(46-25-12-11-23-44(46)48)49-34-43(29-30-51(49)61(53)42-21-5-2-6-22-42)62-50-26-14-13-24-45(50)47-32-39-19-9-10-20-40(39)33-52(47)62;1-4-17-35(18-5-1)51-54-52(36-19-6-2-7-20-36)56-53(55-51)44-33-48-49(42-26-13-12-24-40(42)44)45-32-38(29-31-47(45)57(48)37-21-8-3-9-22-37)58-46-27-15-14-25-41(46)43-30-28-34-16-10-11-23-39(34)50(43)58/h1-35H;1-33H. The van der Waals surface area contributed by atoms with Crippen molar-refractivity contribution in [2.75, 3.05) is 0 Å². The first-order chi connectivity index (χ1) is 59.5. The van der Waals surface area contributed by atoms with Gasteiger partial charge in [0.05, 0.1) is 44.1 Å². The average molecular weight is 1530 g/mol. The van der Waals surface area contributed by atoms with Crippen molar-refractivity contribution in [2.24, 2.45) is 0 Å². The molecular formula is C110H68N10. The Morgan fingerprint density at radius 1 is 0.150 bits per heavy atom. The van der Waals surface area contributed by atoms with Gasteiger partial charge in [0.25, 0.3) is 0 Å². The molecule has 0 aliphatic carbocycles. The molecule has 10 nitrogen and oxygen atoms in total. The summed E-state index contributed by atoms with van der Waals surface area (Å²) in [6.45, 7) is 0. The molecule has 0 saturated heterocycles. The van der Waals surface area contributed by atoms with E-state index in [9.17, 15) is 0 Å². The van der Waals surface area contributed by atoms with Crippen LogP contribution < -0.4 is 0 Å². The van der Waals surface area contributed by atoms with Gasteiger partial charge in [-0.3, -0.25) is 0 Å². The third kappa shape index (κ3) is 11.1. The highest BCUT2D eigenvalue weighted by molar-refractivity contribution is 6.27. The maximum Gasteiger partial charge on any atom is 0.164 e. The lowest BCUT2D eigenvalue weighted by Crippen LogP contribution is -2.01. The van der Waals surface area contributed by atoms with Crippen molar-refractivity contribution in [1.82, 2.24) is 48.2 Å². The summed E-state index contributed by atoms with van der Waals surface area (Å²) in [6.07, 6.45) is 0. The van der Waals surface area contributed by atoms with Gasteiger partial charge in [-0.2, -0.15) is 0 Å². The first kappa shape index (κ1) is 68.1. The Balaban J connectivity index is 0.000000137. The molecule has 0 unspecified atom stereocenters. The van der Waals surface area contributed by atoms with Gasteiger partial charge in [0.2, 0.25) is 0 Å². The number of rotatable bonds is 10. The molecule has 120 heavy (non-hydrogen) atoms. The summed E-state index contributed by atoms with van der Waals surface area (Å²) in [5.41, 5.74) is 19.3. The molecular weight excluding hydrogens is 1460 g/mol. The average Bonchev–Trinajstić information content (AvgIpc) is 1.55. The molecule has 558 valence electrons. The van der Waals surface area contributed by atoms with Crippen LogP contribution in [0.3, 0.4) is 0 Å². The van der Waals surface area contributed by atoms with Crippen molar-refractivity contribution in [3.8, 4) is 91.1 Å². The van der Waals surface area contributed by atoms with E-state index < -0.39 is 0 Å². The zero-order valence-electron chi connectivity index (χ0n) is 64.7. The molecule has 0 atom stereocenters. The Labute approximate surface area is 688 Å². The van der Waals surface area contributed by atoms with Crippen LogP contribution in [0.5, 0.6) is 0 Å². The molecule has 25 rings (SSSR count). The van der Waals surface area contributed by atoms with Crippen LogP contribution in [0.25, 0.3) is 232 Å². The normalized spacial score (nSPS) is 11.8. The Morgan fingerprint density at radius 3 is 1.01 bits per heavy atom. The van der Waals surface area contributed by atoms with Crippen LogP contribution in [0.4, 0.5) is 0 Å². The second-order valence-electron chi connectivity index (χ2n) is 30.8. The number of nitrogens with zero attached hydrogens (tertiary/aromatic N) is 10. The minimum atomic E-state index is 0.628. The third-order valence-electron chi connectivity index (χ3n) is 24.0. The van der Waals surface area contributed by atoms with Crippen molar-refractivity contribution in [3.63, 3.8) is 0 Å². The Kier molecular flexibility index (Phi) is 15.7. The molecule has 6 heterocycles. The summed E-state index contributed by atoms with van der Waals surface area (Å²) >= 11 is 0. The van der Waals surface area contributed by atoms with E-state index in [4.69, 9.17) is 29.9 Å². The van der Waals surface area contributed by atoms with Gasteiger partial charge in [-0.25, -0.2) is 29.9 Å². The maximum atomic E-state index is 5.31. The maximum absolute atomic E-state index is 5.31. The first-order valence-electron chi connectivity index (χ1n) is 40.6. The fraction of sp³-hybridized carbons (Fsp3) is 0. The third-order valence-corrected chi connectivity index (χ3v) is 24.0. The summed E-state index contributed by atoms with van der Waals surface area (Å²) < 4.78 is 9.68. The molecule has 0 aliphatic rings.